The second kappa shape index (κ2) is 11.3. The van der Waals surface area contributed by atoms with Crippen LogP contribution in [0.1, 0.15) is 39.6 Å². The number of hydrogen-bond donors (Lipinski definition) is 2. The van der Waals surface area contributed by atoms with Gasteiger partial charge in [-0.1, -0.05) is 29.8 Å². The summed E-state index contributed by atoms with van der Waals surface area (Å²) in [4.78, 5) is 44.6. The van der Waals surface area contributed by atoms with Crippen molar-refractivity contribution in [2.45, 2.75) is 31.9 Å². The highest BCUT2D eigenvalue weighted by Crippen LogP contribution is 2.46. The summed E-state index contributed by atoms with van der Waals surface area (Å²) >= 11 is 6.96. The fourth-order valence-electron chi connectivity index (χ4n) is 6.07. The van der Waals surface area contributed by atoms with Crippen molar-refractivity contribution in [2.75, 3.05) is 25.5 Å². The van der Waals surface area contributed by atoms with E-state index in [2.05, 4.69) is 15.3 Å². The number of nitrogens with one attached hydrogen (secondary N) is 1. The molecule has 0 bridgehead atoms. The summed E-state index contributed by atoms with van der Waals surface area (Å²) in [5.41, 5.74) is 2.43. The Morgan fingerprint density at radius 1 is 1.16 bits per heavy atom. The number of carbonyl (C=O) groups excluding carboxylic acids is 1. The van der Waals surface area contributed by atoms with Crippen LogP contribution in [0.2, 0.25) is 5.02 Å². The summed E-state index contributed by atoms with van der Waals surface area (Å²) in [5.74, 6) is -0.912. The number of anilines is 1. The lowest BCUT2D eigenvalue weighted by molar-refractivity contribution is -0.0256. The molecule has 6 rings (SSSR count). The summed E-state index contributed by atoms with van der Waals surface area (Å²) < 4.78 is 22.8. The molecule has 228 valence electrons. The van der Waals surface area contributed by atoms with Crippen LogP contribution in [0.5, 0.6) is 5.88 Å². The van der Waals surface area contributed by atoms with Crippen molar-refractivity contribution >= 4 is 23.2 Å². The maximum Gasteiger partial charge on any atom is 0.346 e. The molecule has 0 radical (unpaired) electrons. The third kappa shape index (κ3) is 4.88. The SMILES string of the molecule is COc1nc(-c2cccc(-c3c(F)ccc(NC(=O)c4nn(C)c(=O)n(C)c4=O)c3C)c2Cl)cc2c1C(N1CC(O)C1)CC2. The summed E-state index contributed by atoms with van der Waals surface area (Å²) in [6.07, 6.45) is 1.40. The number of carbonyl (C=O) groups is 1. The molecule has 13 heteroatoms. The average Bonchev–Trinajstić information content (AvgIpc) is 3.41. The third-order valence-electron chi connectivity index (χ3n) is 8.40. The van der Waals surface area contributed by atoms with Crippen LogP contribution >= 0.6 is 11.6 Å². The number of aromatic nitrogens is 4. The van der Waals surface area contributed by atoms with Crippen molar-refractivity contribution < 1.29 is 19.0 Å². The van der Waals surface area contributed by atoms with Gasteiger partial charge in [0, 0.05) is 61.2 Å². The Hall–Kier alpha value is -4.39. The summed E-state index contributed by atoms with van der Waals surface area (Å²) in [6.45, 7) is 2.86. The highest BCUT2D eigenvalue weighted by molar-refractivity contribution is 6.36. The first-order valence-corrected chi connectivity index (χ1v) is 14.4. The Labute approximate surface area is 256 Å². The van der Waals surface area contributed by atoms with Gasteiger partial charge < -0.3 is 15.2 Å². The molecule has 1 saturated heterocycles. The number of hydrogen-bond acceptors (Lipinski definition) is 8. The molecule has 4 aromatic rings. The van der Waals surface area contributed by atoms with E-state index in [1.54, 1.807) is 32.2 Å². The van der Waals surface area contributed by atoms with Gasteiger partial charge in [-0.25, -0.2) is 18.9 Å². The van der Waals surface area contributed by atoms with E-state index < -0.39 is 28.7 Å². The van der Waals surface area contributed by atoms with E-state index in [1.165, 1.54) is 26.2 Å². The Morgan fingerprint density at radius 2 is 1.89 bits per heavy atom. The van der Waals surface area contributed by atoms with E-state index in [4.69, 9.17) is 21.3 Å². The van der Waals surface area contributed by atoms with E-state index in [1.807, 2.05) is 6.07 Å². The number of methoxy groups -OCH3 is 1. The quantitative estimate of drug-likeness (QED) is 0.336. The lowest BCUT2D eigenvalue weighted by Crippen LogP contribution is -2.51. The van der Waals surface area contributed by atoms with Gasteiger partial charge in [-0.05, 0) is 49.1 Å². The molecule has 1 aliphatic heterocycles. The van der Waals surface area contributed by atoms with Gasteiger partial charge in [0.1, 0.15) is 5.82 Å². The number of ether oxygens (including phenoxy) is 1. The van der Waals surface area contributed by atoms with Gasteiger partial charge in [0.2, 0.25) is 11.6 Å². The van der Waals surface area contributed by atoms with Crippen molar-refractivity contribution in [1.82, 2.24) is 24.2 Å². The van der Waals surface area contributed by atoms with E-state index >= 15 is 4.39 Å². The van der Waals surface area contributed by atoms with Crippen LogP contribution in [-0.2, 0) is 20.5 Å². The van der Waals surface area contributed by atoms with Gasteiger partial charge >= 0.3 is 5.69 Å². The average molecular weight is 621 g/mol. The molecule has 3 heterocycles. The lowest BCUT2D eigenvalue weighted by Gasteiger charge is -2.40. The molecule has 1 amide bonds. The van der Waals surface area contributed by atoms with Crippen LogP contribution in [0.4, 0.5) is 10.1 Å². The maximum absolute atomic E-state index is 15.5. The Kier molecular flexibility index (Phi) is 7.60. The first kappa shape index (κ1) is 29.7. The van der Waals surface area contributed by atoms with Crippen LogP contribution in [0.15, 0.2) is 46.0 Å². The molecule has 2 aromatic carbocycles. The minimum Gasteiger partial charge on any atom is -0.481 e. The van der Waals surface area contributed by atoms with Crippen molar-refractivity contribution in [1.29, 1.82) is 0 Å². The number of fused-ring (bicyclic) bond motifs is 1. The fraction of sp³-hybridized carbons (Fsp3) is 0.323. The van der Waals surface area contributed by atoms with Gasteiger partial charge in [0.05, 0.1) is 23.9 Å². The molecule has 2 N–H and O–H groups in total. The summed E-state index contributed by atoms with van der Waals surface area (Å²) in [7, 11) is 4.15. The van der Waals surface area contributed by atoms with Gasteiger partial charge in [-0.2, -0.15) is 5.10 Å². The number of benzene rings is 2. The predicted molar refractivity (Wildman–Crippen MR) is 163 cm³/mol. The van der Waals surface area contributed by atoms with E-state index in [-0.39, 0.29) is 28.4 Å². The lowest BCUT2D eigenvalue weighted by atomic mass is 9.95. The molecule has 0 saturated carbocycles. The molecule has 1 atom stereocenters. The molecular formula is C31H30ClFN6O5. The molecule has 2 aliphatic rings. The zero-order valence-corrected chi connectivity index (χ0v) is 25.3. The first-order valence-electron chi connectivity index (χ1n) is 14.0. The minimum absolute atomic E-state index is 0.123. The molecular weight excluding hydrogens is 591 g/mol. The molecule has 1 aliphatic carbocycles. The van der Waals surface area contributed by atoms with Crippen LogP contribution in [0, 0.1) is 12.7 Å². The second-order valence-corrected chi connectivity index (χ2v) is 11.5. The highest BCUT2D eigenvalue weighted by atomic mass is 35.5. The number of pyridine rings is 1. The molecule has 44 heavy (non-hydrogen) atoms. The number of likely N-dealkylation sites (tertiary alicyclic amines) is 1. The van der Waals surface area contributed by atoms with Crippen molar-refractivity contribution in [3.8, 4) is 28.3 Å². The fourth-order valence-corrected chi connectivity index (χ4v) is 6.39. The van der Waals surface area contributed by atoms with Crippen LogP contribution in [0.25, 0.3) is 22.4 Å². The van der Waals surface area contributed by atoms with E-state index in [0.29, 0.717) is 41.4 Å². The number of amides is 1. The van der Waals surface area contributed by atoms with Crippen molar-refractivity contribution in [2.24, 2.45) is 14.1 Å². The standard InChI is InChI=1S/C31H30ClFN6O5/c1-15-21(34-28(41)27-30(42)37(2)31(43)38(3)36-27)10-9-20(33)24(15)19-7-5-6-18(26(19)32)22-12-16-8-11-23(39-13-17(40)14-39)25(16)29(35-22)44-4/h5-7,9-10,12,17,23,40H,8,11,13-14H2,1-4H3,(H,34,41). The van der Waals surface area contributed by atoms with Crippen molar-refractivity contribution in [3.05, 3.63) is 90.5 Å². The second-order valence-electron chi connectivity index (χ2n) is 11.1. The molecule has 11 nitrogen and oxygen atoms in total. The summed E-state index contributed by atoms with van der Waals surface area (Å²) in [5, 5.41) is 16.5. The number of aliphatic hydroxyl groups excluding tert-OH is 1. The minimum atomic E-state index is -0.854. The molecule has 0 spiro atoms. The van der Waals surface area contributed by atoms with Gasteiger partial charge in [-0.15, -0.1) is 0 Å². The Bertz CT molecular complexity index is 1950. The van der Waals surface area contributed by atoms with Gasteiger partial charge in [0.25, 0.3) is 11.5 Å². The number of β-amino-alcohol motifs (C(OH)–C–C–N with tert-alkyl or cyclic N) is 1. The largest absolute Gasteiger partial charge is 0.481 e. The van der Waals surface area contributed by atoms with Crippen LogP contribution < -0.4 is 21.3 Å². The zero-order chi connectivity index (χ0) is 31.4. The molecule has 1 fully saturated rings. The van der Waals surface area contributed by atoms with E-state index in [0.717, 1.165) is 33.2 Å². The van der Waals surface area contributed by atoms with Crippen molar-refractivity contribution in [3.63, 3.8) is 0 Å². The first-order chi connectivity index (χ1) is 21.0. The molecule has 1 unspecified atom stereocenters. The smallest absolute Gasteiger partial charge is 0.346 e. The highest BCUT2D eigenvalue weighted by Gasteiger charge is 2.38. The van der Waals surface area contributed by atoms with E-state index in [9.17, 15) is 19.5 Å². The van der Waals surface area contributed by atoms with Gasteiger partial charge in [-0.3, -0.25) is 19.1 Å². The molecule has 2 aromatic heterocycles. The van der Waals surface area contributed by atoms with Crippen LogP contribution in [-0.4, -0.2) is 61.5 Å². The topological polar surface area (TPSA) is 132 Å². The Balaban J connectivity index is 1.37. The number of halogens is 2. The number of nitrogens with zero attached hydrogens (tertiary/aromatic N) is 5. The van der Waals surface area contributed by atoms with Gasteiger partial charge in [0.15, 0.2) is 0 Å². The number of rotatable bonds is 6. The summed E-state index contributed by atoms with van der Waals surface area (Å²) in [6, 6.07) is 9.94. The number of aryl methyl sites for hydroxylation is 2. The van der Waals surface area contributed by atoms with Crippen LogP contribution in [0.3, 0.4) is 0 Å². The monoisotopic (exact) mass is 620 g/mol. The normalized spacial score (nSPS) is 16.5. The number of aliphatic hydroxyl groups is 1. The Morgan fingerprint density at radius 3 is 2.59 bits per heavy atom. The predicted octanol–water partition coefficient (Wildman–Crippen LogP) is 3.23. The zero-order valence-electron chi connectivity index (χ0n) is 24.5. The maximum atomic E-state index is 15.5. The third-order valence-corrected chi connectivity index (χ3v) is 8.80.